The number of carbonyl (C=O) groups is 1. The van der Waals surface area contributed by atoms with Crippen LogP contribution in [0, 0.1) is 6.92 Å². The largest absolute Gasteiger partial charge is 0.393 e. The van der Waals surface area contributed by atoms with E-state index < -0.39 is 0 Å². The van der Waals surface area contributed by atoms with Gasteiger partial charge in [-0.3, -0.25) is 4.79 Å². The molecule has 92 valence electrons. The SMILES string of the molecule is Cc1cccc(C(=O)NC2CCC(O)CC2)c1. The van der Waals surface area contributed by atoms with Crippen molar-refractivity contribution >= 4 is 5.91 Å². The second kappa shape index (κ2) is 5.32. The molecule has 3 nitrogen and oxygen atoms in total. The van der Waals surface area contributed by atoms with Gasteiger partial charge in [0.1, 0.15) is 0 Å². The van der Waals surface area contributed by atoms with Crippen molar-refractivity contribution < 1.29 is 9.90 Å². The van der Waals surface area contributed by atoms with Crippen LogP contribution in [0.4, 0.5) is 0 Å². The van der Waals surface area contributed by atoms with Gasteiger partial charge in [-0.1, -0.05) is 17.7 Å². The third kappa shape index (κ3) is 3.30. The van der Waals surface area contributed by atoms with Gasteiger partial charge in [-0.15, -0.1) is 0 Å². The molecule has 1 aromatic carbocycles. The van der Waals surface area contributed by atoms with Crippen molar-refractivity contribution in [2.24, 2.45) is 0 Å². The third-order valence-electron chi connectivity index (χ3n) is 3.31. The van der Waals surface area contributed by atoms with Gasteiger partial charge in [0, 0.05) is 11.6 Å². The fourth-order valence-electron chi connectivity index (χ4n) is 2.28. The number of rotatable bonds is 2. The van der Waals surface area contributed by atoms with Crippen LogP contribution in [0.15, 0.2) is 24.3 Å². The predicted molar refractivity (Wildman–Crippen MR) is 66.9 cm³/mol. The van der Waals surface area contributed by atoms with Gasteiger partial charge in [0.05, 0.1) is 6.10 Å². The minimum Gasteiger partial charge on any atom is -0.393 e. The van der Waals surface area contributed by atoms with Crippen molar-refractivity contribution in [3.63, 3.8) is 0 Å². The summed E-state index contributed by atoms with van der Waals surface area (Å²) >= 11 is 0. The van der Waals surface area contributed by atoms with Crippen LogP contribution < -0.4 is 5.32 Å². The molecule has 1 amide bonds. The lowest BCUT2D eigenvalue weighted by Gasteiger charge is -2.26. The van der Waals surface area contributed by atoms with Crippen LogP contribution in [-0.2, 0) is 0 Å². The molecular weight excluding hydrogens is 214 g/mol. The molecule has 0 aliphatic heterocycles. The Bertz CT molecular complexity index is 395. The molecule has 1 aromatic rings. The van der Waals surface area contributed by atoms with Crippen molar-refractivity contribution in [1.29, 1.82) is 0 Å². The summed E-state index contributed by atoms with van der Waals surface area (Å²) in [6.07, 6.45) is 3.15. The van der Waals surface area contributed by atoms with Crippen LogP contribution >= 0.6 is 0 Å². The van der Waals surface area contributed by atoms with E-state index in [1.165, 1.54) is 0 Å². The summed E-state index contributed by atoms with van der Waals surface area (Å²) in [5, 5.41) is 12.4. The van der Waals surface area contributed by atoms with Gasteiger partial charge in [-0.2, -0.15) is 0 Å². The van der Waals surface area contributed by atoms with Gasteiger partial charge in [-0.05, 0) is 44.7 Å². The topological polar surface area (TPSA) is 49.3 Å². The van der Waals surface area contributed by atoms with Crippen molar-refractivity contribution in [2.45, 2.75) is 44.8 Å². The first-order valence-corrected chi connectivity index (χ1v) is 6.21. The Balaban J connectivity index is 1.93. The number of carbonyl (C=O) groups excluding carboxylic acids is 1. The van der Waals surface area contributed by atoms with Crippen molar-refractivity contribution in [2.75, 3.05) is 0 Å². The lowest BCUT2D eigenvalue weighted by atomic mass is 9.93. The van der Waals surface area contributed by atoms with E-state index in [1.807, 2.05) is 31.2 Å². The van der Waals surface area contributed by atoms with E-state index in [1.54, 1.807) is 0 Å². The molecule has 0 heterocycles. The highest BCUT2D eigenvalue weighted by Gasteiger charge is 2.21. The Hall–Kier alpha value is -1.35. The molecule has 0 spiro atoms. The predicted octanol–water partition coefficient (Wildman–Crippen LogP) is 2.03. The monoisotopic (exact) mass is 233 g/mol. The third-order valence-corrected chi connectivity index (χ3v) is 3.31. The van der Waals surface area contributed by atoms with Crippen molar-refractivity contribution in [3.05, 3.63) is 35.4 Å². The number of nitrogens with one attached hydrogen (secondary N) is 1. The molecule has 1 aliphatic carbocycles. The summed E-state index contributed by atoms with van der Waals surface area (Å²) in [6.45, 7) is 1.98. The van der Waals surface area contributed by atoms with E-state index in [9.17, 15) is 9.90 Å². The zero-order chi connectivity index (χ0) is 12.3. The number of aryl methyl sites for hydroxylation is 1. The highest BCUT2D eigenvalue weighted by atomic mass is 16.3. The normalized spacial score (nSPS) is 24.4. The fourth-order valence-corrected chi connectivity index (χ4v) is 2.28. The van der Waals surface area contributed by atoms with Gasteiger partial charge in [-0.25, -0.2) is 0 Å². The smallest absolute Gasteiger partial charge is 0.251 e. The summed E-state index contributed by atoms with van der Waals surface area (Å²) in [6, 6.07) is 7.82. The maximum Gasteiger partial charge on any atom is 0.251 e. The molecule has 1 aliphatic rings. The maximum absolute atomic E-state index is 12.0. The van der Waals surface area contributed by atoms with E-state index in [-0.39, 0.29) is 18.1 Å². The molecule has 0 radical (unpaired) electrons. The van der Waals surface area contributed by atoms with E-state index in [2.05, 4.69) is 5.32 Å². The van der Waals surface area contributed by atoms with Crippen molar-refractivity contribution in [1.82, 2.24) is 5.32 Å². The molecule has 17 heavy (non-hydrogen) atoms. The molecule has 2 rings (SSSR count). The molecule has 0 saturated heterocycles. The number of hydrogen-bond acceptors (Lipinski definition) is 2. The standard InChI is InChI=1S/C14H19NO2/c1-10-3-2-4-11(9-10)14(17)15-12-5-7-13(16)8-6-12/h2-4,9,12-13,16H,5-8H2,1H3,(H,15,17). The summed E-state index contributed by atoms with van der Waals surface area (Å²) < 4.78 is 0. The lowest BCUT2D eigenvalue weighted by molar-refractivity contribution is 0.0867. The molecule has 2 N–H and O–H groups in total. The van der Waals surface area contributed by atoms with Crippen LogP contribution in [0.1, 0.15) is 41.6 Å². The maximum atomic E-state index is 12.0. The van der Waals surface area contributed by atoms with Gasteiger partial charge in [0.25, 0.3) is 5.91 Å². The van der Waals surface area contributed by atoms with Gasteiger partial charge in [0.15, 0.2) is 0 Å². The van der Waals surface area contributed by atoms with Crippen LogP contribution in [-0.4, -0.2) is 23.2 Å². The first kappa shape index (κ1) is 12.1. The van der Waals surface area contributed by atoms with Gasteiger partial charge in [0.2, 0.25) is 0 Å². The Morgan fingerprint density at radius 3 is 2.65 bits per heavy atom. The van der Waals surface area contributed by atoms with E-state index in [0.29, 0.717) is 0 Å². The Kier molecular flexibility index (Phi) is 3.79. The first-order valence-electron chi connectivity index (χ1n) is 6.21. The van der Waals surface area contributed by atoms with Gasteiger partial charge >= 0.3 is 0 Å². The Morgan fingerprint density at radius 2 is 2.00 bits per heavy atom. The molecular formula is C14H19NO2. The Labute approximate surface area is 102 Å². The molecule has 0 bridgehead atoms. The molecule has 0 unspecified atom stereocenters. The summed E-state index contributed by atoms with van der Waals surface area (Å²) in [5.41, 5.74) is 1.81. The Morgan fingerprint density at radius 1 is 1.29 bits per heavy atom. The molecule has 1 fully saturated rings. The average molecular weight is 233 g/mol. The number of amides is 1. The summed E-state index contributed by atoms with van der Waals surface area (Å²) in [4.78, 5) is 12.0. The lowest BCUT2D eigenvalue weighted by Crippen LogP contribution is -2.38. The van der Waals surface area contributed by atoms with Crippen LogP contribution in [0.25, 0.3) is 0 Å². The van der Waals surface area contributed by atoms with Crippen LogP contribution in [0.5, 0.6) is 0 Å². The summed E-state index contributed by atoms with van der Waals surface area (Å²) in [7, 11) is 0. The molecule has 1 saturated carbocycles. The zero-order valence-corrected chi connectivity index (χ0v) is 10.1. The van der Waals surface area contributed by atoms with Gasteiger partial charge < -0.3 is 10.4 Å². The highest BCUT2D eigenvalue weighted by Crippen LogP contribution is 2.18. The number of aliphatic hydroxyl groups is 1. The number of hydrogen-bond donors (Lipinski definition) is 2. The van der Waals surface area contributed by atoms with E-state index >= 15 is 0 Å². The van der Waals surface area contributed by atoms with Crippen molar-refractivity contribution in [3.8, 4) is 0 Å². The minimum atomic E-state index is -0.179. The molecule has 0 aromatic heterocycles. The zero-order valence-electron chi connectivity index (χ0n) is 10.1. The second-order valence-electron chi connectivity index (χ2n) is 4.85. The van der Waals surface area contributed by atoms with Crippen LogP contribution in [0.2, 0.25) is 0 Å². The first-order chi connectivity index (χ1) is 8.15. The molecule has 3 heteroatoms. The minimum absolute atomic E-state index is 0.00455. The number of benzene rings is 1. The quantitative estimate of drug-likeness (QED) is 0.821. The molecule has 0 atom stereocenters. The average Bonchev–Trinajstić information content (AvgIpc) is 2.32. The van der Waals surface area contributed by atoms with E-state index in [4.69, 9.17) is 0 Å². The van der Waals surface area contributed by atoms with Crippen LogP contribution in [0.3, 0.4) is 0 Å². The second-order valence-corrected chi connectivity index (χ2v) is 4.85. The highest BCUT2D eigenvalue weighted by molar-refractivity contribution is 5.94. The van der Waals surface area contributed by atoms with E-state index in [0.717, 1.165) is 36.8 Å². The fraction of sp³-hybridized carbons (Fsp3) is 0.500. The number of aliphatic hydroxyl groups excluding tert-OH is 1. The summed E-state index contributed by atoms with van der Waals surface area (Å²) in [5.74, 6) is -0.00455.